The summed E-state index contributed by atoms with van der Waals surface area (Å²) in [5, 5.41) is 0. The molecular weight excluding hydrogens is 182 g/mol. The fourth-order valence-electron chi connectivity index (χ4n) is 1.65. The summed E-state index contributed by atoms with van der Waals surface area (Å²) in [7, 11) is 0. The summed E-state index contributed by atoms with van der Waals surface area (Å²) in [6.07, 6.45) is 11.9. The Balaban J connectivity index is 0.00000144. The van der Waals surface area contributed by atoms with Crippen LogP contribution in [-0.4, -0.2) is 6.54 Å². The van der Waals surface area contributed by atoms with Crippen LogP contribution >= 0.6 is 0 Å². The Morgan fingerprint density at radius 3 is 2.62 bits per heavy atom. The van der Waals surface area contributed by atoms with Gasteiger partial charge in [-0.3, -0.25) is 4.90 Å². The first-order chi connectivity index (χ1) is 5.88. The van der Waals surface area contributed by atoms with E-state index in [1.54, 1.807) is 10.6 Å². The van der Waals surface area contributed by atoms with Crippen molar-refractivity contribution in [3.63, 3.8) is 0 Å². The number of unbranched alkanes of at least 4 members (excludes halogenated alkanes) is 2. The van der Waals surface area contributed by atoms with Gasteiger partial charge in [0.2, 0.25) is 0 Å². The molecule has 1 atom stereocenters. The van der Waals surface area contributed by atoms with Crippen molar-refractivity contribution in [2.45, 2.75) is 39.5 Å². The average Bonchev–Trinajstić information content (AvgIpc) is 2.52. The van der Waals surface area contributed by atoms with Crippen LogP contribution in [0, 0.1) is 0 Å². The molecule has 1 heterocycles. The van der Waals surface area contributed by atoms with Gasteiger partial charge in [-0.1, -0.05) is 20.3 Å². The van der Waals surface area contributed by atoms with E-state index in [0.717, 1.165) is 0 Å². The highest BCUT2D eigenvalue weighted by Crippen LogP contribution is 1.98. The predicted molar refractivity (Wildman–Crippen MR) is 52.9 cm³/mol. The fraction of sp³-hybridized carbons (Fsp3) is 0.636. The lowest BCUT2D eigenvalue weighted by Crippen LogP contribution is -3.04. The van der Waals surface area contributed by atoms with Gasteiger partial charge in [0.15, 0.2) is 0 Å². The molecule has 1 nitrogen and oxygen atoms in total. The zero-order chi connectivity index (χ0) is 8.81. The minimum absolute atomic E-state index is 0. The standard InChI is InChI=1S/C11H19N.ClH/c1-3-5-6-9-12-10-7-8-11(12)4-2;/h7-8,10H,3-6,9H2,1-2H3;1H. The second-order valence-electron chi connectivity index (χ2n) is 3.39. The van der Waals surface area contributed by atoms with Crippen LogP contribution in [0.4, 0.5) is 0 Å². The Bertz CT molecular complexity index is 185. The topological polar surface area (TPSA) is 4.44 Å². The van der Waals surface area contributed by atoms with Crippen LogP contribution in [0.25, 0.3) is 0 Å². The Morgan fingerprint density at radius 2 is 2.00 bits per heavy atom. The first-order valence-electron chi connectivity index (χ1n) is 5.12. The van der Waals surface area contributed by atoms with Gasteiger partial charge in [-0.25, -0.2) is 0 Å². The molecule has 0 aromatic heterocycles. The molecule has 1 unspecified atom stereocenters. The number of quaternary nitrogens is 1. The second-order valence-corrected chi connectivity index (χ2v) is 3.39. The third-order valence-corrected chi connectivity index (χ3v) is 2.44. The van der Waals surface area contributed by atoms with Gasteiger partial charge in [-0.2, -0.15) is 0 Å². The van der Waals surface area contributed by atoms with E-state index in [4.69, 9.17) is 0 Å². The van der Waals surface area contributed by atoms with Crippen molar-refractivity contribution < 1.29 is 17.3 Å². The van der Waals surface area contributed by atoms with E-state index in [1.165, 1.54) is 32.2 Å². The number of rotatable bonds is 5. The van der Waals surface area contributed by atoms with E-state index in [0.29, 0.717) is 0 Å². The third-order valence-electron chi connectivity index (χ3n) is 2.44. The number of halogens is 1. The molecule has 0 aromatic carbocycles. The van der Waals surface area contributed by atoms with E-state index >= 15 is 0 Å². The van der Waals surface area contributed by atoms with Crippen LogP contribution in [0.5, 0.6) is 0 Å². The first kappa shape index (κ1) is 12.7. The summed E-state index contributed by atoms with van der Waals surface area (Å²) < 4.78 is 0. The van der Waals surface area contributed by atoms with Gasteiger partial charge in [0.25, 0.3) is 0 Å². The molecule has 76 valence electrons. The maximum absolute atomic E-state index is 2.27. The highest BCUT2D eigenvalue weighted by Gasteiger charge is 2.13. The first-order valence-corrected chi connectivity index (χ1v) is 5.12. The molecule has 13 heavy (non-hydrogen) atoms. The summed E-state index contributed by atoms with van der Waals surface area (Å²) in [5.74, 6) is 0. The molecule has 0 saturated carbocycles. The number of hydrogen-bond acceptors (Lipinski definition) is 0. The molecule has 1 aliphatic rings. The smallest absolute Gasteiger partial charge is 0.112 e. The largest absolute Gasteiger partial charge is 1.00 e. The van der Waals surface area contributed by atoms with Crippen molar-refractivity contribution >= 4 is 0 Å². The van der Waals surface area contributed by atoms with E-state index in [9.17, 15) is 0 Å². The van der Waals surface area contributed by atoms with Crippen LogP contribution in [0.15, 0.2) is 24.0 Å². The summed E-state index contributed by atoms with van der Waals surface area (Å²) in [6.45, 7) is 5.77. The molecule has 0 saturated heterocycles. The quantitative estimate of drug-likeness (QED) is 0.538. The summed E-state index contributed by atoms with van der Waals surface area (Å²) in [4.78, 5) is 1.57. The Morgan fingerprint density at radius 1 is 1.23 bits per heavy atom. The minimum Gasteiger partial charge on any atom is -1.00 e. The Hall–Kier alpha value is -0.270. The van der Waals surface area contributed by atoms with Crippen molar-refractivity contribution in [1.82, 2.24) is 0 Å². The Labute approximate surface area is 87.9 Å². The zero-order valence-electron chi connectivity index (χ0n) is 8.65. The molecule has 1 aliphatic heterocycles. The SMILES string of the molecule is CCCCC[NH+]1C=CC=C1CC.[Cl-]. The van der Waals surface area contributed by atoms with Crippen molar-refractivity contribution in [3.8, 4) is 0 Å². The van der Waals surface area contributed by atoms with Crippen LogP contribution in [0.1, 0.15) is 39.5 Å². The molecule has 0 bridgehead atoms. The van der Waals surface area contributed by atoms with Crippen molar-refractivity contribution in [1.29, 1.82) is 0 Å². The average molecular weight is 202 g/mol. The highest BCUT2D eigenvalue weighted by molar-refractivity contribution is 5.09. The Kier molecular flexibility index (Phi) is 7.02. The van der Waals surface area contributed by atoms with E-state index in [1.807, 2.05) is 0 Å². The molecule has 0 spiro atoms. The second kappa shape index (κ2) is 7.16. The van der Waals surface area contributed by atoms with Gasteiger partial charge in [0.1, 0.15) is 5.70 Å². The highest BCUT2D eigenvalue weighted by atomic mass is 35.5. The molecule has 1 rings (SSSR count). The predicted octanol–water partition coefficient (Wildman–Crippen LogP) is -1.11. The zero-order valence-corrected chi connectivity index (χ0v) is 9.40. The van der Waals surface area contributed by atoms with Gasteiger partial charge in [0.05, 0.1) is 12.7 Å². The molecule has 2 heteroatoms. The monoisotopic (exact) mass is 201 g/mol. The lowest BCUT2D eigenvalue weighted by Gasteiger charge is -2.12. The van der Waals surface area contributed by atoms with Crippen molar-refractivity contribution in [2.75, 3.05) is 6.54 Å². The molecule has 0 fully saturated rings. The van der Waals surface area contributed by atoms with Crippen LogP contribution in [-0.2, 0) is 0 Å². The van der Waals surface area contributed by atoms with E-state index in [2.05, 4.69) is 32.2 Å². The summed E-state index contributed by atoms with van der Waals surface area (Å²) in [5.41, 5.74) is 1.55. The fourth-order valence-corrected chi connectivity index (χ4v) is 1.65. The molecule has 0 aliphatic carbocycles. The van der Waals surface area contributed by atoms with Gasteiger partial charge in [-0.05, 0) is 18.9 Å². The molecule has 0 aromatic rings. The molecular formula is C11H20ClN. The number of hydrogen-bond donors (Lipinski definition) is 1. The van der Waals surface area contributed by atoms with Crippen LogP contribution < -0.4 is 17.3 Å². The van der Waals surface area contributed by atoms with E-state index < -0.39 is 0 Å². The van der Waals surface area contributed by atoms with Crippen molar-refractivity contribution in [2.24, 2.45) is 0 Å². The van der Waals surface area contributed by atoms with Gasteiger partial charge in [-0.15, -0.1) is 0 Å². The normalized spacial score (nSPS) is 19.8. The molecule has 0 amide bonds. The van der Waals surface area contributed by atoms with E-state index in [-0.39, 0.29) is 12.4 Å². The summed E-state index contributed by atoms with van der Waals surface area (Å²) in [6, 6.07) is 0. The van der Waals surface area contributed by atoms with Gasteiger partial charge < -0.3 is 12.4 Å². The maximum atomic E-state index is 2.27. The maximum Gasteiger partial charge on any atom is 0.112 e. The van der Waals surface area contributed by atoms with Gasteiger partial charge in [0, 0.05) is 12.5 Å². The van der Waals surface area contributed by atoms with Crippen LogP contribution in [0.2, 0.25) is 0 Å². The molecule has 0 radical (unpaired) electrons. The van der Waals surface area contributed by atoms with Gasteiger partial charge >= 0.3 is 0 Å². The van der Waals surface area contributed by atoms with Crippen LogP contribution in [0.3, 0.4) is 0 Å². The number of nitrogens with one attached hydrogen (secondary N) is 1. The third kappa shape index (κ3) is 3.97. The number of allylic oxidation sites excluding steroid dienone is 3. The summed E-state index contributed by atoms with van der Waals surface area (Å²) >= 11 is 0. The minimum atomic E-state index is 0. The van der Waals surface area contributed by atoms with Crippen molar-refractivity contribution in [3.05, 3.63) is 24.0 Å². The lowest BCUT2D eigenvalue weighted by atomic mass is 10.2. The lowest BCUT2D eigenvalue weighted by molar-refractivity contribution is -0.804. The molecule has 1 N–H and O–H groups in total.